The summed E-state index contributed by atoms with van der Waals surface area (Å²) < 4.78 is 15.8. The Morgan fingerprint density at radius 1 is 1.35 bits per heavy atom. The number of halogens is 2. The van der Waals surface area contributed by atoms with E-state index in [1.165, 1.54) is 6.07 Å². The number of nitrogens with zero attached hydrogens (tertiary/aromatic N) is 3. The van der Waals surface area contributed by atoms with Gasteiger partial charge in [-0.1, -0.05) is 17.7 Å². The Kier molecular flexibility index (Phi) is 7.37. The molecule has 2 N–H and O–H groups in total. The van der Waals surface area contributed by atoms with E-state index in [2.05, 4.69) is 20.6 Å². The fraction of sp³-hybridized carbons (Fsp3) is 0.444. The highest BCUT2D eigenvalue weighted by Crippen LogP contribution is 2.24. The molecule has 0 saturated carbocycles. The van der Waals surface area contributed by atoms with Gasteiger partial charge in [0.1, 0.15) is 5.82 Å². The highest BCUT2D eigenvalue weighted by Gasteiger charge is 2.15. The van der Waals surface area contributed by atoms with Gasteiger partial charge < -0.3 is 15.5 Å². The van der Waals surface area contributed by atoms with Crippen molar-refractivity contribution < 1.29 is 4.39 Å². The summed E-state index contributed by atoms with van der Waals surface area (Å²) in [7, 11) is 4.08. The molecule has 0 aliphatic rings. The fourth-order valence-electron chi connectivity index (χ4n) is 2.62. The second kappa shape index (κ2) is 9.30. The number of nitrogens with one attached hydrogen (secondary N) is 2. The molecule has 0 aliphatic carbocycles. The third-order valence-electron chi connectivity index (χ3n) is 4.06. The average molecular weight is 398 g/mol. The molecule has 1 aromatic carbocycles. The van der Waals surface area contributed by atoms with E-state index < -0.39 is 0 Å². The van der Waals surface area contributed by atoms with Crippen molar-refractivity contribution >= 4 is 34.6 Å². The zero-order chi connectivity index (χ0) is 19.3. The van der Waals surface area contributed by atoms with Crippen molar-refractivity contribution in [2.24, 2.45) is 0 Å². The van der Waals surface area contributed by atoms with Gasteiger partial charge in [0.2, 0.25) is 0 Å². The third kappa shape index (κ3) is 5.40. The van der Waals surface area contributed by atoms with Gasteiger partial charge in [0.05, 0.1) is 23.6 Å². The van der Waals surface area contributed by atoms with Crippen LogP contribution >= 0.6 is 23.8 Å². The predicted octanol–water partition coefficient (Wildman–Crippen LogP) is 3.58. The number of hydrogen-bond acceptors (Lipinski definition) is 3. The molecule has 2 aromatic rings. The summed E-state index contributed by atoms with van der Waals surface area (Å²) in [5, 5.41) is 11.8. The van der Waals surface area contributed by atoms with E-state index in [-0.39, 0.29) is 12.4 Å². The van der Waals surface area contributed by atoms with Crippen LogP contribution in [0, 0.1) is 19.7 Å². The van der Waals surface area contributed by atoms with Crippen LogP contribution in [0.3, 0.4) is 0 Å². The normalized spacial score (nSPS) is 11.0. The molecule has 142 valence electrons. The van der Waals surface area contributed by atoms with Gasteiger partial charge in [-0.15, -0.1) is 0 Å². The van der Waals surface area contributed by atoms with Crippen molar-refractivity contribution in [3.05, 3.63) is 46.0 Å². The zero-order valence-corrected chi connectivity index (χ0v) is 17.1. The van der Waals surface area contributed by atoms with Gasteiger partial charge in [0.25, 0.3) is 0 Å². The Labute approximate surface area is 164 Å². The van der Waals surface area contributed by atoms with Crippen molar-refractivity contribution in [1.82, 2.24) is 20.0 Å². The van der Waals surface area contributed by atoms with Gasteiger partial charge in [0, 0.05) is 17.1 Å². The lowest BCUT2D eigenvalue weighted by Crippen LogP contribution is -2.31. The summed E-state index contributed by atoms with van der Waals surface area (Å²) in [4.78, 5) is 2.13. The topological polar surface area (TPSA) is 45.1 Å². The van der Waals surface area contributed by atoms with Crippen LogP contribution in [-0.2, 0) is 6.54 Å². The molecule has 1 aromatic heterocycles. The van der Waals surface area contributed by atoms with Crippen molar-refractivity contribution in [1.29, 1.82) is 0 Å². The molecule has 5 nitrogen and oxygen atoms in total. The van der Waals surface area contributed by atoms with Crippen molar-refractivity contribution in [3.8, 4) is 0 Å². The quantitative estimate of drug-likeness (QED) is 0.552. The Morgan fingerprint density at radius 2 is 2.08 bits per heavy atom. The summed E-state index contributed by atoms with van der Waals surface area (Å²) >= 11 is 11.5. The first-order valence-electron chi connectivity index (χ1n) is 8.46. The minimum atomic E-state index is -0.336. The van der Waals surface area contributed by atoms with Crippen molar-refractivity contribution in [3.63, 3.8) is 0 Å². The monoisotopic (exact) mass is 397 g/mol. The second-order valence-corrected chi connectivity index (χ2v) is 7.26. The number of aryl methyl sites for hydroxylation is 1. The number of benzene rings is 1. The third-order valence-corrected chi connectivity index (χ3v) is 4.66. The molecular formula is C18H25ClFN5S. The van der Waals surface area contributed by atoms with Crippen LogP contribution in [0.4, 0.5) is 10.1 Å². The van der Waals surface area contributed by atoms with Crippen LogP contribution in [0.25, 0.3) is 0 Å². The fourth-order valence-corrected chi connectivity index (χ4v) is 3.05. The van der Waals surface area contributed by atoms with E-state index >= 15 is 0 Å². The maximum absolute atomic E-state index is 14.0. The number of rotatable bonds is 7. The molecule has 0 saturated heterocycles. The molecule has 0 bridgehead atoms. The summed E-state index contributed by atoms with van der Waals surface area (Å²) in [6, 6.07) is 4.67. The lowest BCUT2D eigenvalue weighted by Gasteiger charge is -2.13. The molecule has 0 fully saturated rings. The minimum Gasteiger partial charge on any atom is -0.362 e. The van der Waals surface area contributed by atoms with Gasteiger partial charge >= 0.3 is 0 Å². The Hall–Kier alpha value is -1.70. The number of aromatic nitrogens is 2. The summed E-state index contributed by atoms with van der Waals surface area (Å²) in [6.07, 6.45) is 0.998. The molecule has 0 unspecified atom stereocenters. The van der Waals surface area contributed by atoms with Gasteiger partial charge in [-0.2, -0.15) is 5.10 Å². The first-order chi connectivity index (χ1) is 12.3. The van der Waals surface area contributed by atoms with E-state index in [0.29, 0.717) is 15.7 Å². The average Bonchev–Trinajstić information content (AvgIpc) is 2.82. The number of hydrogen-bond donors (Lipinski definition) is 2. The van der Waals surface area contributed by atoms with Crippen LogP contribution in [0.1, 0.15) is 23.4 Å². The highest BCUT2D eigenvalue weighted by molar-refractivity contribution is 7.80. The molecule has 0 atom stereocenters. The maximum atomic E-state index is 14.0. The smallest absolute Gasteiger partial charge is 0.170 e. The first kappa shape index (κ1) is 20.6. The van der Waals surface area contributed by atoms with Crippen LogP contribution in [0.2, 0.25) is 5.02 Å². The molecule has 0 aliphatic heterocycles. The van der Waals surface area contributed by atoms with Gasteiger partial charge in [0.15, 0.2) is 5.11 Å². The molecule has 0 spiro atoms. The van der Waals surface area contributed by atoms with Gasteiger partial charge in [-0.05, 0) is 65.3 Å². The first-order valence-corrected chi connectivity index (χ1v) is 9.24. The molecular weight excluding hydrogens is 373 g/mol. The Morgan fingerprint density at radius 3 is 2.73 bits per heavy atom. The SMILES string of the molecule is Cc1nn(Cc2c(F)cccc2Cl)c(C)c1NC(=S)NCCCN(C)C. The van der Waals surface area contributed by atoms with Crippen LogP contribution in [0.5, 0.6) is 0 Å². The van der Waals surface area contributed by atoms with Gasteiger partial charge in [-0.3, -0.25) is 4.68 Å². The molecule has 8 heteroatoms. The van der Waals surface area contributed by atoms with E-state index in [0.717, 1.165) is 36.6 Å². The van der Waals surface area contributed by atoms with Crippen LogP contribution in [0.15, 0.2) is 18.2 Å². The molecule has 1 heterocycles. The molecule has 0 radical (unpaired) electrons. The zero-order valence-electron chi connectivity index (χ0n) is 15.6. The molecule has 2 rings (SSSR count). The number of anilines is 1. The molecule has 0 amide bonds. The summed E-state index contributed by atoms with van der Waals surface area (Å²) in [5.74, 6) is -0.336. The van der Waals surface area contributed by atoms with Crippen molar-refractivity contribution in [2.45, 2.75) is 26.8 Å². The largest absolute Gasteiger partial charge is 0.362 e. The molecule has 26 heavy (non-hydrogen) atoms. The standard InChI is InChI=1S/C18H25ClFN5S/c1-12-17(22-18(26)21-9-6-10-24(3)4)13(2)25(23-12)11-14-15(19)7-5-8-16(14)20/h5,7-8H,6,9-11H2,1-4H3,(H2,21,22,26). The van der Waals surface area contributed by atoms with E-state index in [1.807, 2.05) is 27.9 Å². The lowest BCUT2D eigenvalue weighted by molar-refractivity contribution is 0.400. The predicted molar refractivity (Wildman–Crippen MR) is 110 cm³/mol. The van der Waals surface area contributed by atoms with Crippen LogP contribution in [-0.4, -0.2) is 47.0 Å². The lowest BCUT2D eigenvalue weighted by atomic mass is 10.2. The second-order valence-electron chi connectivity index (χ2n) is 6.44. The Balaban J connectivity index is 2.04. The number of thiocarbonyl (C=S) groups is 1. The van der Waals surface area contributed by atoms with Gasteiger partial charge in [-0.25, -0.2) is 4.39 Å². The highest BCUT2D eigenvalue weighted by atomic mass is 35.5. The summed E-state index contributed by atoms with van der Waals surface area (Å²) in [6.45, 7) is 5.87. The summed E-state index contributed by atoms with van der Waals surface area (Å²) in [5.41, 5.74) is 2.94. The van der Waals surface area contributed by atoms with E-state index in [9.17, 15) is 4.39 Å². The maximum Gasteiger partial charge on any atom is 0.170 e. The van der Waals surface area contributed by atoms with E-state index in [1.54, 1.807) is 16.8 Å². The van der Waals surface area contributed by atoms with Crippen LogP contribution < -0.4 is 10.6 Å². The van der Waals surface area contributed by atoms with Crippen molar-refractivity contribution in [2.75, 3.05) is 32.5 Å². The Bertz CT molecular complexity index is 755. The minimum absolute atomic E-state index is 0.267. The van der Waals surface area contributed by atoms with E-state index in [4.69, 9.17) is 23.8 Å².